The SMILES string of the molecule is Cc1nc(NCCCn2nc(C)nc2C)cc([C@H]2CCOC2)n1. The standard InChI is InChI=1S/C16H24N6O/c1-11-19-15(14-5-8-23-10-14)9-16(20-11)17-6-4-7-22-13(3)18-12(2)21-22/h9,14H,4-8,10H2,1-3H3,(H,17,19,20)/t14-/m0/s1. The summed E-state index contributed by atoms with van der Waals surface area (Å²) in [4.78, 5) is 13.3. The summed E-state index contributed by atoms with van der Waals surface area (Å²) in [6.45, 7) is 9.12. The predicted molar refractivity (Wildman–Crippen MR) is 87.5 cm³/mol. The molecule has 7 nitrogen and oxygen atoms in total. The molecule has 0 aliphatic carbocycles. The highest BCUT2D eigenvalue weighted by molar-refractivity contribution is 5.37. The highest BCUT2D eigenvalue weighted by atomic mass is 16.5. The quantitative estimate of drug-likeness (QED) is 0.821. The lowest BCUT2D eigenvalue weighted by molar-refractivity contribution is 0.193. The van der Waals surface area contributed by atoms with Crippen molar-refractivity contribution in [2.24, 2.45) is 0 Å². The summed E-state index contributed by atoms with van der Waals surface area (Å²) >= 11 is 0. The number of nitrogens with one attached hydrogen (secondary N) is 1. The van der Waals surface area contributed by atoms with Gasteiger partial charge in [-0.2, -0.15) is 5.10 Å². The zero-order valence-electron chi connectivity index (χ0n) is 14.0. The molecule has 0 bridgehead atoms. The van der Waals surface area contributed by atoms with E-state index in [0.717, 1.165) is 68.1 Å². The second kappa shape index (κ2) is 7.04. The van der Waals surface area contributed by atoms with Crippen LogP contribution in [0.2, 0.25) is 0 Å². The van der Waals surface area contributed by atoms with E-state index in [4.69, 9.17) is 4.74 Å². The number of hydrogen-bond donors (Lipinski definition) is 1. The number of ether oxygens (including phenoxy) is 1. The molecule has 124 valence electrons. The lowest BCUT2D eigenvalue weighted by Crippen LogP contribution is -2.11. The number of nitrogens with zero attached hydrogens (tertiary/aromatic N) is 5. The molecule has 0 amide bonds. The number of aromatic nitrogens is 5. The maximum atomic E-state index is 5.46. The third-order valence-corrected chi connectivity index (χ3v) is 4.02. The van der Waals surface area contributed by atoms with E-state index in [2.05, 4.69) is 31.4 Å². The Hall–Kier alpha value is -2.02. The smallest absolute Gasteiger partial charge is 0.147 e. The van der Waals surface area contributed by atoms with Crippen LogP contribution >= 0.6 is 0 Å². The first-order chi connectivity index (χ1) is 11.1. The molecule has 1 aliphatic heterocycles. The topological polar surface area (TPSA) is 77.8 Å². The van der Waals surface area contributed by atoms with E-state index in [1.807, 2.05) is 25.5 Å². The molecule has 1 atom stereocenters. The lowest BCUT2D eigenvalue weighted by Gasteiger charge is -2.11. The number of rotatable bonds is 6. The predicted octanol–water partition coefficient (Wildman–Crippen LogP) is 2.00. The van der Waals surface area contributed by atoms with Gasteiger partial charge in [0.1, 0.15) is 23.3 Å². The van der Waals surface area contributed by atoms with E-state index < -0.39 is 0 Å². The molecule has 0 unspecified atom stereocenters. The van der Waals surface area contributed by atoms with Gasteiger partial charge >= 0.3 is 0 Å². The van der Waals surface area contributed by atoms with E-state index in [9.17, 15) is 0 Å². The van der Waals surface area contributed by atoms with Crippen LogP contribution in [0.1, 0.15) is 41.9 Å². The fraction of sp³-hybridized carbons (Fsp3) is 0.625. The molecule has 0 spiro atoms. The third-order valence-electron chi connectivity index (χ3n) is 4.02. The minimum absolute atomic E-state index is 0.401. The molecular formula is C16H24N6O. The van der Waals surface area contributed by atoms with Crippen LogP contribution in [-0.4, -0.2) is 44.5 Å². The van der Waals surface area contributed by atoms with Crippen LogP contribution in [0.15, 0.2) is 6.07 Å². The molecule has 3 rings (SSSR count). The van der Waals surface area contributed by atoms with Crippen molar-refractivity contribution in [3.8, 4) is 0 Å². The minimum Gasteiger partial charge on any atom is -0.381 e. The van der Waals surface area contributed by atoms with Crippen molar-refractivity contribution in [3.05, 3.63) is 29.2 Å². The van der Waals surface area contributed by atoms with Crippen molar-refractivity contribution < 1.29 is 4.74 Å². The van der Waals surface area contributed by atoms with E-state index in [1.54, 1.807) is 0 Å². The fourth-order valence-electron chi connectivity index (χ4n) is 2.88. The molecule has 1 fully saturated rings. The van der Waals surface area contributed by atoms with Gasteiger partial charge in [0, 0.05) is 31.7 Å². The Kier molecular flexibility index (Phi) is 4.85. The van der Waals surface area contributed by atoms with Gasteiger partial charge in [-0.25, -0.2) is 15.0 Å². The molecule has 0 saturated carbocycles. The minimum atomic E-state index is 0.401. The van der Waals surface area contributed by atoms with Gasteiger partial charge < -0.3 is 10.1 Å². The normalized spacial score (nSPS) is 17.6. The maximum absolute atomic E-state index is 5.46. The van der Waals surface area contributed by atoms with Crippen LogP contribution in [0, 0.1) is 20.8 Å². The highest BCUT2D eigenvalue weighted by Crippen LogP contribution is 2.24. The Balaban J connectivity index is 1.54. The molecule has 1 saturated heterocycles. The Bertz CT molecular complexity index is 663. The van der Waals surface area contributed by atoms with Crippen LogP contribution in [0.4, 0.5) is 5.82 Å². The number of hydrogen-bond acceptors (Lipinski definition) is 6. The third kappa shape index (κ3) is 4.04. The first kappa shape index (κ1) is 15.9. The summed E-state index contributed by atoms with van der Waals surface area (Å²) in [5.41, 5.74) is 1.08. The first-order valence-electron chi connectivity index (χ1n) is 8.17. The first-order valence-corrected chi connectivity index (χ1v) is 8.17. The van der Waals surface area contributed by atoms with Crippen molar-refractivity contribution >= 4 is 5.82 Å². The van der Waals surface area contributed by atoms with E-state index in [0.29, 0.717) is 5.92 Å². The molecule has 1 N–H and O–H groups in total. The summed E-state index contributed by atoms with van der Waals surface area (Å²) in [6, 6.07) is 2.05. The second-order valence-electron chi connectivity index (χ2n) is 6.00. The van der Waals surface area contributed by atoms with Crippen molar-refractivity contribution in [2.75, 3.05) is 25.1 Å². The molecule has 0 radical (unpaired) electrons. The van der Waals surface area contributed by atoms with Crippen LogP contribution in [0.25, 0.3) is 0 Å². The van der Waals surface area contributed by atoms with Gasteiger partial charge in [-0.05, 0) is 33.6 Å². The molecular weight excluding hydrogens is 292 g/mol. The average Bonchev–Trinajstić information content (AvgIpc) is 3.13. The molecule has 2 aromatic rings. The van der Waals surface area contributed by atoms with Gasteiger partial charge in [0.2, 0.25) is 0 Å². The van der Waals surface area contributed by atoms with Crippen molar-refractivity contribution in [1.82, 2.24) is 24.7 Å². The van der Waals surface area contributed by atoms with E-state index in [1.165, 1.54) is 0 Å². The summed E-state index contributed by atoms with van der Waals surface area (Å²) in [6.07, 6.45) is 2.01. The fourth-order valence-corrected chi connectivity index (χ4v) is 2.88. The Labute approximate surface area is 136 Å². The van der Waals surface area contributed by atoms with E-state index >= 15 is 0 Å². The van der Waals surface area contributed by atoms with E-state index in [-0.39, 0.29) is 0 Å². The number of anilines is 1. The summed E-state index contributed by atoms with van der Waals surface area (Å²) in [7, 11) is 0. The van der Waals surface area contributed by atoms with Gasteiger partial charge in [-0.15, -0.1) is 0 Å². The van der Waals surface area contributed by atoms with Crippen LogP contribution in [0.5, 0.6) is 0 Å². The zero-order valence-corrected chi connectivity index (χ0v) is 14.0. The van der Waals surface area contributed by atoms with Gasteiger partial charge in [0.15, 0.2) is 0 Å². The van der Waals surface area contributed by atoms with Gasteiger partial charge in [-0.3, -0.25) is 4.68 Å². The van der Waals surface area contributed by atoms with Crippen LogP contribution < -0.4 is 5.32 Å². The molecule has 3 heterocycles. The molecule has 7 heteroatoms. The molecule has 23 heavy (non-hydrogen) atoms. The van der Waals surface area contributed by atoms with Crippen molar-refractivity contribution in [1.29, 1.82) is 0 Å². The summed E-state index contributed by atoms with van der Waals surface area (Å²) in [5.74, 6) is 3.89. The summed E-state index contributed by atoms with van der Waals surface area (Å²) < 4.78 is 7.40. The van der Waals surface area contributed by atoms with Gasteiger partial charge in [-0.1, -0.05) is 0 Å². The second-order valence-corrected chi connectivity index (χ2v) is 6.00. The lowest BCUT2D eigenvalue weighted by atomic mass is 10.0. The highest BCUT2D eigenvalue weighted by Gasteiger charge is 2.20. The average molecular weight is 316 g/mol. The molecule has 0 aromatic carbocycles. The van der Waals surface area contributed by atoms with Crippen molar-refractivity contribution in [2.45, 2.75) is 46.1 Å². The Morgan fingerprint density at radius 3 is 2.78 bits per heavy atom. The largest absolute Gasteiger partial charge is 0.381 e. The number of aryl methyl sites for hydroxylation is 4. The van der Waals surface area contributed by atoms with Crippen molar-refractivity contribution in [3.63, 3.8) is 0 Å². The summed E-state index contributed by atoms with van der Waals surface area (Å²) in [5, 5.41) is 7.77. The van der Waals surface area contributed by atoms with Gasteiger partial charge in [0.05, 0.1) is 12.3 Å². The molecule has 1 aliphatic rings. The maximum Gasteiger partial charge on any atom is 0.147 e. The monoisotopic (exact) mass is 316 g/mol. The van der Waals surface area contributed by atoms with Crippen LogP contribution in [0.3, 0.4) is 0 Å². The van der Waals surface area contributed by atoms with Crippen LogP contribution in [-0.2, 0) is 11.3 Å². The van der Waals surface area contributed by atoms with Gasteiger partial charge in [0.25, 0.3) is 0 Å². The Morgan fingerprint density at radius 1 is 1.22 bits per heavy atom. The zero-order chi connectivity index (χ0) is 16.2. The Morgan fingerprint density at radius 2 is 2.09 bits per heavy atom. The molecule has 2 aromatic heterocycles.